The molecular formula is C11H13ClN2OS. The van der Waals surface area contributed by atoms with Gasteiger partial charge in [-0.2, -0.15) is 0 Å². The van der Waals surface area contributed by atoms with Crippen LogP contribution in [0.4, 0.5) is 0 Å². The van der Waals surface area contributed by atoms with Crippen LogP contribution in [-0.2, 0) is 11.2 Å². The normalized spacial score (nSPS) is 9.88. The number of carbonyl (C=O) groups is 1. The van der Waals surface area contributed by atoms with Gasteiger partial charge in [-0.25, -0.2) is 0 Å². The van der Waals surface area contributed by atoms with Gasteiger partial charge in [0.2, 0.25) is 5.91 Å². The van der Waals surface area contributed by atoms with Gasteiger partial charge < -0.3 is 10.6 Å². The zero-order valence-electron chi connectivity index (χ0n) is 8.94. The van der Waals surface area contributed by atoms with Gasteiger partial charge in [-0.15, -0.1) is 0 Å². The number of amides is 1. The average Bonchev–Trinajstić information content (AvgIpc) is 2.16. The Bertz CT molecular complexity index is 409. The second-order valence-electron chi connectivity index (χ2n) is 3.52. The topological polar surface area (TPSA) is 46.3 Å². The first-order valence-corrected chi connectivity index (χ1v) is 5.54. The molecule has 0 atom stereocenters. The molecule has 0 unspecified atom stereocenters. The number of nitrogens with two attached hydrogens (primary N) is 1. The van der Waals surface area contributed by atoms with E-state index in [9.17, 15) is 4.79 Å². The lowest BCUT2D eigenvalue weighted by Crippen LogP contribution is -2.35. The maximum Gasteiger partial charge on any atom is 0.227 e. The van der Waals surface area contributed by atoms with Gasteiger partial charge in [-0.05, 0) is 17.7 Å². The number of nitrogens with zero attached hydrogens (tertiary/aromatic N) is 1. The van der Waals surface area contributed by atoms with E-state index in [1.165, 1.54) is 4.90 Å². The zero-order valence-corrected chi connectivity index (χ0v) is 10.5. The molecule has 5 heteroatoms. The lowest BCUT2D eigenvalue weighted by molar-refractivity contribution is -0.128. The predicted octanol–water partition coefficient (Wildman–Crippen LogP) is 1.63. The van der Waals surface area contributed by atoms with Gasteiger partial charge >= 0.3 is 0 Å². The third-order valence-corrected chi connectivity index (χ3v) is 2.43. The third-order valence-electron chi connectivity index (χ3n) is 2.06. The molecule has 1 rings (SSSR count). The van der Waals surface area contributed by atoms with Crippen molar-refractivity contribution in [3.05, 3.63) is 34.9 Å². The van der Waals surface area contributed by atoms with Crippen LogP contribution >= 0.6 is 23.8 Å². The van der Waals surface area contributed by atoms with Crippen LogP contribution in [-0.4, -0.2) is 29.4 Å². The highest BCUT2D eigenvalue weighted by Gasteiger charge is 2.10. The Morgan fingerprint density at radius 3 is 2.81 bits per heavy atom. The molecule has 0 aliphatic rings. The maximum atomic E-state index is 11.7. The van der Waals surface area contributed by atoms with Gasteiger partial charge in [0.25, 0.3) is 0 Å². The molecule has 3 nitrogen and oxygen atoms in total. The molecule has 0 aliphatic heterocycles. The number of likely N-dealkylation sites (N-methyl/N-ethyl adjacent to an activating group) is 1. The van der Waals surface area contributed by atoms with Crippen molar-refractivity contribution in [3.63, 3.8) is 0 Å². The van der Waals surface area contributed by atoms with E-state index in [0.29, 0.717) is 23.0 Å². The molecule has 1 amide bonds. The Kier molecular flexibility index (Phi) is 4.71. The van der Waals surface area contributed by atoms with Gasteiger partial charge in [-0.3, -0.25) is 4.79 Å². The molecule has 0 aliphatic carbocycles. The van der Waals surface area contributed by atoms with E-state index >= 15 is 0 Å². The molecule has 1 aromatic rings. The van der Waals surface area contributed by atoms with E-state index in [1.54, 1.807) is 19.2 Å². The first-order valence-electron chi connectivity index (χ1n) is 4.75. The number of carbonyl (C=O) groups excluding carboxylic acids is 1. The SMILES string of the molecule is CN(CC(N)=S)C(=O)Cc1cccc(Cl)c1. The summed E-state index contributed by atoms with van der Waals surface area (Å²) in [5.41, 5.74) is 6.25. The van der Waals surface area contributed by atoms with Gasteiger partial charge in [0, 0.05) is 12.1 Å². The summed E-state index contributed by atoms with van der Waals surface area (Å²) in [5.74, 6) is -0.0323. The Morgan fingerprint density at radius 2 is 2.25 bits per heavy atom. The van der Waals surface area contributed by atoms with Crippen molar-refractivity contribution in [3.8, 4) is 0 Å². The van der Waals surface area contributed by atoms with E-state index in [4.69, 9.17) is 29.6 Å². The van der Waals surface area contributed by atoms with Crippen LogP contribution in [0.15, 0.2) is 24.3 Å². The van der Waals surface area contributed by atoms with Crippen molar-refractivity contribution < 1.29 is 4.79 Å². The van der Waals surface area contributed by atoms with Crippen LogP contribution in [0.25, 0.3) is 0 Å². The third kappa shape index (κ3) is 4.16. The van der Waals surface area contributed by atoms with Crippen LogP contribution < -0.4 is 5.73 Å². The number of hydrogen-bond acceptors (Lipinski definition) is 2. The fourth-order valence-electron chi connectivity index (χ4n) is 1.28. The van der Waals surface area contributed by atoms with Crippen molar-refractivity contribution in [1.29, 1.82) is 0 Å². The van der Waals surface area contributed by atoms with Crippen molar-refractivity contribution in [2.24, 2.45) is 5.73 Å². The first kappa shape index (κ1) is 12.9. The summed E-state index contributed by atoms with van der Waals surface area (Å²) in [5, 5.41) is 0.627. The summed E-state index contributed by atoms with van der Waals surface area (Å²) in [4.78, 5) is 13.5. The molecule has 0 radical (unpaired) electrons. The monoisotopic (exact) mass is 256 g/mol. The van der Waals surface area contributed by atoms with Crippen molar-refractivity contribution in [2.75, 3.05) is 13.6 Å². The number of benzene rings is 1. The standard InChI is InChI=1S/C11H13ClN2OS/c1-14(7-10(13)16)11(15)6-8-3-2-4-9(12)5-8/h2-5H,6-7H2,1H3,(H2,13,16). The minimum Gasteiger partial charge on any atom is -0.392 e. The highest BCUT2D eigenvalue weighted by molar-refractivity contribution is 7.80. The van der Waals surface area contributed by atoms with Crippen LogP contribution in [0.5, 0.6) is 0 Å². The Balaban J connectivity index is 2.60. The average molecular weight is 257 g/mol. The molecule has 16 heavy (non-hydrogen) atoms. The number of rotatable bonds is 4. The fraction of sp³-hybridized carbons (Fsp3) is 0.273. The van der Waals surface area contributed by atoms with E-state index in [-0.39, 0.29) is 5.91 Å². The molecule has 1 aromatic carbocycles. The second-order valence-corrected chi connectivity index (χ2v) is 4.48. The van der Waals surface area contributed by atoms with Crippen molar-refractivity contribution in [1.82, 2.24) is 4.90 Å². The molecule has 0 saturated carbocycles. The predicted molar refractivity (Wildman–Crippen MR) is 69.6 cm³/mol. The number of hydrogen-bond donors (Lipinski definition) is 1. The molecule has 0 saturated heterocycles. The number of thiocarbonyl (C=S) groups is 1. The molecule has 0 heterocycles. The van der Waals surface area contributed by atoms with E-state index in [1.807, 2.05) is 12.1 Å². The smallest absolute Gasteiger partial charge is 0.227 e. The van der Waals surface area contributed by atoms with E-state index in [0.717, 1.165) is 5.56 Å². The Morgan fingerprint density at radius 1 is 1.56 bits per heavy atom. The minimum absolute atomic E-state index is 0.0323. The highest BCUT2D eigenvalue weighted by atomic mass is 35.5. The van der Waals surface area contributed by atoms with Crippen LogP contribution in [0.1, 0.15) is 5.56 Å². The highest BCUT2D eigenvalue weighted by Crippen LogP contribution is 2.11. The number of halogens is 1. The lowest BCUT2D eigenvalue weighted by Gasteiger charge is -2.16. The maximum absolute atomic E-state index is 11.7. The van der Waals surface area contributed by atoms with Gasteiger partial charge in [0.1, 0.15) is 0 Å². The van der Waals surface area contributed by atoms with Crippen molar-refractivity contribution >= 4 is 34.7 Å². The molecule has 2 N–H and O–H groups in total. The summed E-state index contributed by atoms with van der Waals surface area (Å²) in [6, 6.07) is 7.22. The molecule has 0 aromatic heterocycles. The zero-order chi connectivity index (χ0) is 12.1. The quantitative estimate of drug-likeness (QED) is 0.833. The largest absolute Gasteiger partial charge is 0.392 e. The summed E-state index contributed by atoms with van der Waals surface area (Å²) < 4.78 is 0. The van der Waals surface area contributed by atoms with Crippen LogP contribution in [0.2, 0.25) is 5.02 Å². The van der Waals surface area contributed by atoms with Crippen LogP contribution in [0, 0.1) is 0 Å². The van der Waals surface area contributed by atoms with Crippen LogP contribution in [0.3, 0.4) is 0 Å². The fourth-order valence-corrected chi connectivity index (χ4v) is 1.68. The van der Waals surface area contributed by atoms with E-state index in [2.05, 4.69) is 0 Å². The van der Waals surface area contributed by atoms with Gasteiger partial charge in [-0.1, -0.05) is 36.0 Å². The first-order chi connectivity index (χ1) is 7.49. The molecule has 0 fully saturated rings. The molecular weight excluding hydrogens is 244 g/mol. The Labute approximate surface area is 105 Å². The molecule has 86 valence electrons. The summed E-state index contributed by atoms with van der Waals surface area (Å²) in [7, 11) is 1.67. The van der Waals surface area contributed by atoms with Crippen molar-refractivity contribution in [2.45, 2.75) is 6.42 Å². The van der Waals surface area contributed by atoms with Gasteiger partial charge in [0.15, 0.2) is 0 Å². The summed E-state index contributed by atoms with van der Waals surface area (Å²) in [6.45, 7) is 0.300. The second kappa shape index (κ2) is 5.82. The lowest BCUT2D eigenvalue weighted by atomic mass is 10.1. The summed E-state index contributed by atoms with van der Waals surface area (Å²) in [6.07, 6.45) is 0.305. The minimum atomic E-state index is -0.0323. The molecule has 0 bridgehead atoms. The van der Waals surface area contributed by atoms with E-state index < -0.39 is 0 Å². The van der Waals surface area contributed by atoms with Gasteiger partial charge in [0.05, 0.1) is 18.0 Å². The Hall–Kier alpha value is -1.13. The molecule has 0 spiro atoms. The summed E-state index contributed by atoms with van der Waals surface area (Å²) >= 11 is 10.6.